The van der Waals surface area contributed by atoms with Crippen LogP contribution in [-0.4, -0.2) is 25.0 Å². The minimum atomic E-state index is -3.05. The number of ether oxygens (including phenoxy) is 2. The van der Waals surface area contributed by atoms with Gasteiger partial charge >= 0.3 is 31.4 Å². The Morgan fingerprint density at radius 2 is 2.00 bits per heavy atom. The summed E-state index contributed by atoms with van der Waals surface area (Å²) in [6, 6.07) is 3.57. The first-order valence-electron chi connectivity index (χ1n) is 5.69. The standard InChI is InChI=1S/C13H11BrF2O5.Li/c1-2-20-12(19)11(18)6-10(17)7-3-8(14)5-9(4-7)21-13(15)16;/h3-6,13,17H,2H2,1H3;/q;+1/p-1. The molecule has 114 valence electrons. The second-order valence-electron chi connectivity index (χ2n) is 3.65. The summed E-state index contributed by atoms with van der Waals surface area (Å²) >= 11 is 3.02. The van der Waals surface area contributed by atoms with Gasteiger partial charge in [-0.25, -0.2) is 4.79 Å². The minimum absolute atomic E-state index is 0. The Bertz CT molecular complexity index is 578. The molecule has 0 N–H and O–H groups in total. The van der Waals surface area contributed by atoms with Gasteiger partial charge in [0, 0.05) is 4.47 Å². The summed E-state index contributed by atoms with van der Waals surface area (Å²) in [6.45, 7) is -1.54. The van der Waals surface area contributed by atoms with E-state index in [9.17, 15) is 23.5 Å². The van der Waals surface area contributed by atoms with Gasteiger partial charge in [0.2, 0.25) is 0 Å². The van der Waals surface area contributed by atoms with E-state index in [-0.39, 0.29) is 36.8 Å². The van der Waals surface area contributed by atoms with E-state index in [1.807, 2.05) is 0 Å². The third kappa shape index (κ3) is 6.60. The number of carbonyl (C=O) groups excluding carboxylic acids is 2. The van der Waals surface area contributed by atoms with Crippen LogP contribution in [0, 0.1) is 0 Å². The van der Waals surface area contributed by atoms with Crippen LogP contribution in [0.5, 0.6) is 5.75 Å². The molecule has 5 nitrogen and oxygen atoms in total. The molecule has 0 heterocycles. The molecule has 9 heteroatoms. The van der Waals surface area contributed by atoms with Crippen LogP contribution in [0.2, 0.25) is 0 Å². The van der Waals surface area contributed by atoms with Crippen LogP contribution in [0.1, 0.15) is 12.5 Å². The second-order valence-corrected chi connectivity index (χ2v) is 4.56. The molecule has 0 bridgehead atoms. The average Bonchev–Trinajstić information content (AvgIpc) is 2.37. The van der Waals surface area contributed by atoms with Gasteiger partial charge in [0.15, 0.2) is 0 Å². The van der Waals surface area contributed by atoms with E-state index >= 15 is 0 Å². The zero-order valence-corrected chi connectivity index (χ0v) is 13.4. The number of ketones is 1. The van der Waals surface area contributed by atoms with Gasteiger partial charge in [-0.2, -0.15) is 8.78 Å². The van der Waals surface area contributed by atoms with Crippen molar-refractivity contribution in [2.45, 2.75) is 13.5 Å². The van der Waals surface area contributed by atoms with Gasteiger partial charge in [-0.15, -0.1) is 0 Å². The molecule has 1 rings (SSSR count). The molecule has 1 aromatic rings. The monoisotopic (exact) mass is 370 g/mol. The van der Waals surface area contributed by atoms with Crippen LogP contribution >= 0.6 is 15.9 Å². The van der Waals surface area contributed by atoms with E-state index < -0.39 is 24.1 Å². The minimum Gasteiger partial charge on any atom is -0.872 e. The van der Waals surface area contributed by atoms with Gasteiger partial charge in [-0.3, -0.25) is 4.79 Å². The molecule has 0 saturated heterocycles. The van der Waals surface area contributed by atoms with Crippen molar-refractivity contribution in [3.05, 3.63) is 34.3 Å². The van der Waals surface area contributed by atoms with E-state index in [0.29, 0.717) is 10.5 Å². The number of hydrogen-bond acceptors (Lipinski definition) is 5. The molecule has 0 fully saturated rings. The number of halogens is 3. The fourth-order valence-electron chi connectivity index (χ4n) is 1.34. The fraction of sp³-hybridized carbons (Fsp3) is 0.231. The first kappa shape index (κ1) is 20.6. The maximum atomic E-state index is 12.1. The van der Waals surface area contributed by atoms with E-state index in [1.165, 1.54) is 19.1 Å². The molecule has 22 heavy (non-hydrogen) atoms. The Morgan fingerprint density at radius 1 is 1.36 bits per heavy atom. The van der Waals surface area contributed by atoms with Crippen LogP contribution in [0.3, 0.4) is 0 Å². The Morgan fingerprint density at radius 3 is 2.55 bits per heavy atom. The van der Waals surface area contributed by atoms with Gasteiger partial charge in [-0.05, 0) is 36.8 Å². The topological polar surface area (TPSA) is 75.7 Å². The van der Waals surface area contributed by atoms with Gasteiger partial charge < -0.3 is 14.6 Å². The summed E-state index contributed by atoms with van der Waals surface area (Å²) in [4.78, 5) is 22.5. The number of alkyl halides is 2. The van der Waals surface area contributed by atoms with Crippen LogP contribution in [0.25, 0.3) is 5.76 Å². The second kappa shape index (κ2) is 9.61. The third-order valence-corrected chi connectivity index (χ3v) is 2.58. The molecule has 0 aromatic heterocycles. The first-order chi connectivity index (χ1) is 9.83. The van der Waals surface area contributed by atoms with E-state index in [1.54, 1.807) is 0 Å². The summed E-state index contributed by atoms with van der Waals surface area (Å²) in [5.74, 6) is -3.36. The van der Waals surface area contributed by atoms with Crippen LogP contribution < -0.4 is 28.7 Å². The molecule has 0 radical (unpaired) electrons. The first-order valence-corrected chi connectivity index (χ1v) is 6.48. The summed E-state index contributed by atoms with van der Waals surface area (Å²) in [6.07, 6.45) is 0.534. The largest absolute Gasteiger partial charge is 1.00 e. The van der Waals surface area contributed by atoms with Crippen molar-refractivity contribution in [1.29, 1.82) is 0 Å². The van der Waals surface area contributed by atoms with Crippen LogP contribution in [-0.2, 0) is 14.3 Å². The molecule has 0 aliphatic rings. The fourth-order valence-corrected chi connectivity index (χ4v) is 1.81. The van der Waals surface area contributed by atoms with Crippen molar-refractivity contribution < 1.29 is 51.8 Å². The van der Waals surface area contributed by atoms with E-state index in [4.69, 9.17) is 0 Å². The maximum Gasteiger partial charge on any atom is 1.00 e. The Labute approximate surface area is 145 Å². The quantitative estimate of drug-likeness (QED) is 0.208. The molecule has 0 spiro atoms. The molecule has 0 unspecified atom stereocenters. The van der Waals surface area contributed by atoms with Crippen molar-refractivity contribution >= 4 is 33.4 Å². The number of hydrogen-bond donors (Lipinski definition) is 0. The predicted octanol–water partition coefficient (Wildman–Crippen LogP) is -1.11. The average molecular weight is 371 g/mol. The molecular formula is C13H10BrF2LiO5. The normalized spacial score (nSPS) is 10.9. The molecule has 0 saturated carbocycles. The summed E-state index contributed by atoms with van der Waals surface area (Å²) < 4.78 is 33.2. The number of carbonyl (C=O) groups is 2. The molecular weight excluding hydrogens is 361 g/mol. The van der Waals surface area contributed by atoms with Gasteiger partial charge in [-0.1, -0.05) is 21.7 Å². The van der Waals surface area contributed by atoms with E-state index in [2.05, 4.69) is 25.4 Å². The van der Waals surface area contributed by atoms with Crippen molar-refractivity contribution in [3.63, 3.8) is 0 Å². The summed E-state index contributed by atoms with van der Waals surface area (Å²) in [5, 5.41) is 11.8. The molecule has 0 aliphatic heterocycles. The molecule has 1 aromatic carbocycles. The van der Waals surface area contributed by atoms with Crippen molar-refractivity contribution in [3.8, 4) is 5.75 Å². The smallest absolute Gasteiger partial charge is 0.872 e. The van der Waals surface area contributed by atoms with Gasteiger partial charge in [0.05, 0.1) is 6.61 Å². The molecule has 0 atom stereocenters. The van der Waals surface area contributed by atoms with Gasteiger partial charge in [0.1, 0.15) is 5.75 Å². The summed E-state index contributed by atoms with van der Waals surface area (Å²) in [5.41, 5.74) is -0.0855. The van der Waals surface area contributed by atoms with Crippen molar-refractivity contribution in [2.75, 3.05) is 6.61 Å². The SMILES string of the molecule is CCOC(=O)C(=O)C=C([O-])c1cc(Br)cc(OC(F)F)c1.[Li+]. The third-order valence-electron chi connectivity index (χ3n) is 2.12. The zero-order chi connectivity index (χ0) is 16.0. The molecule has 0 amide bonds. The predicted molar refractivity (Wildman–Crippen MR) is 70.4 cm³/mol. The van der Waals surface area contributed by atoms with Crippen molar-refractivity contribution in [1.82, 2.24) is 0 Å². The number of benzene rings is 1. The summed E-state index contributed by atoms with van der Waals surface area (Å²) in [7, 11) is 0. The number of rotatable bonds is 6. The van der Waals surface area contributed by atoms with Crippen LogP contribution in [0.15, 0.2) is 28.7 Å². The molecule has 0 aliphatic carbocycles. The van der Waals surface area contributed by atoms with Crippen molar-refractivity contribution in [2.24, 2.45) is 0 Å². The van der Waals surface area contributed by atoms with Gasteiger partial charge in [0.25, 0.3) is 5.78 Å². The Kier molecular flexibility index (Phi) is 9.02. The Balaban J connectivity index is 0.00000441. The number of esters is 1. The van der Waals surface area contributed by atoms with E-state index in [0.717, 1.165) is 6.07 Å². The zero-order valence-electron chi connectivity index (χ0n) is 11.8. The van der Waals surface area contributed by atoms with Crippen LogP contribution in [0.4, 0.5) is 8.78 Å². The Hall–Kier alpha value is -1.36. The maximum absolute atomic E-state index is 12.1.